The summed E-state index contributed by atoms with van der Waals surface area (Å²) in [5.41, 5.74) is 5.37. The van der Waals surface area contributed by atoms with E-state index in [0.717, 1.165) is 16.8 Å². The van der Waals surface area contributed by atoms with Crippen molar-refractivity contribution in [3.8, 4) is 17.0 Å². The molecule has 128 valence electrons. The number of nitrogens with one attached hydrogen (secondary N) is 1. The molecule has 25 heavy (non-hydrogen) atoms. The lowest BCUT2D eigenvalue weighted by atomic mass is 10.2. The molecule has 0 saturated heterocycles. The summed E-state index contributed by atoms with van der Waals surface area (Å²) in [6.07, 6.45) is 1.56. The van der Waals surface area contributed by atoms with Gasteiger partial charge < -0.3 is 4.74 Å². The number of aromatic nitrogens is 1. The van der Waals surface area contributed by atoms with Gasteiger partial charge in [-0.15, -0.1) is 11.3 Å². The highest BCUT2D eigenvalue weighted by molar-refractivity contribution is 7.14. The number of thiazole rings is 1. The summed E-state index contributed by atoms with van der Waals surface area (Å²) in [5, 5.41) is 7.31. The van der Waals surface area contributed by atoms with E-state index in [2.05, 4.69) is 20.2 Å². The lowest BCUT2D eigenvalue weighted by Crippen LogP contribution is -2.01. The Morgan fingerprint density at radius 3 is 2.52 bits per heavy atom. The van der Waals surface area contributed by atoms with E-state index in [1.165, 1.54) is 23.5 Å². The zero-order valence-corrected chi connectivity index (χ0v) is 14.3. The van der Waals surface area contributed by atoms with Crippen molar-refractivity contribution in [2.24, 2.45) is 5.10 Å². The number of nitrogens with zero attached hydrogens (tertiary/aromatic N) is 2. The van der Waals surface area contributed by atoms with Gasteiger partial charge >= 0.3 is 6.61 Å². The standard InChI is InChI=1S/C17H12ClF2N3OS/c18-13-5-3-12(4-6-13)15-10-25-17(22-15)23-21-9-11-1-7-14(8-2-11)24-16(19)20/h1-10,16H,(H,22,23). The van der Waals surface area contributed by atoms with Crippen molar-refractivity contribution in [2.45, 2.75) is 6.61 Å². The Hall–Kier alpha value is -2.51. The predicted octanol–water partition coefficient (Wildman–Crippen LogP) is 5.51. The van der Waals surface area contributed by atoms with Crippen LogP contribution in [-0.4, -0.2) is 17.8 Å². The van der Waals surface area contributed by atoms with Crippen LogP contribution in [0.4, 0.5) is 13.9 Å². The SMILES string of the molecule is FC(F)Oc1ccc(C=NNc2nc(-c3ccc(Cl)cc3)cs2)cc1. The molecular weight excluding hydrogens is 368 g/mol. The third-order valence-electron chi connectivity index (χ3n) is 3.12. The van der Waals surface area contributed by atoms with Crippen molar-refractivity contribution >= 4 is 34.3 Å². The highest BCUT2D eigenvalue weighted by Crippen LogP contribution is 2.25. The Bertz CT molecular complexity index is 851. The second-order valence-electron chi connectivity index (χ2n) is 4.86. The molecule has 0 saturated carbocycles. The molecule has 4 nitrogen and oxygen atoms in total. The molecule has 0 bridgehead atoms. The normalized spacial score (nSPS) is 11.2. The minimum Gasteiger partial charge on any atom is -0.435 e. The molecule has 0 unspecified atom stereocenters. The first-order chi connectivity index (χ1) is 12.1. The Morgan fingerprint density at radius 1 is 1.12 bits per heavy atom. The molecule has 0 aliphatic heterocycles. The molecule has 0 radical (unpaired) electrons. The number of alkyl halides is 2. The molecule has 0 aliphatic rings. The highest BCUT2D eigenvalue weighted by atomic mass is 35.5. The average Bonchev–Trinajstić information content (AvgIpc) is 3.05. The number of halogens is 3. The van der Waals surface area contributed by atoms with Gasteiger partial charge in [-0.3, -0.25) is 5.43 Å². The predicted molar refractivity (Wildman–Crippen MR) is 96.9 cm³/mol. The van der Waals surface area contributed by atoms with Gasteiger partial charge in [0.05, 0.1) is 11.9 Å². The smallest absolute Gasteiger partial charge is 0.387 e. The number of hydrogen-bond donors (Lipinski definition) is 1. The fourth-order valence-corrected chi connectivity index (χ4v) is 2.77. The second-order valence-corrected chi connectivity index (χ2v) is 6.16. The first kappa shape index (κ1) is 17.3. The molecule has 8 heteroatoms. The van der Waals surface area contributed by atoms with Gasteiger partial charge in [0, 0.05) is 16.0 Å². The lowest BCUT2D eigenvalue weighted by molar-refractivity contribution is -0.0498. The minimum atomic E-state index is -2.83. The Kier molecular flexibility index (Phi) is 5.57. The quantitative estimate of drug-likeness (QED) is 0.453. The molecule has 2 aromatic carbocycles. The third-order valence-corrected chi connectivity index (χ3v) is 4.12. The van der Waals surface area contributed by atoms with Gasteiger partial charge in [0.2, 0.25) is 5.13 Å². The molecule has 1 heterocycles. The van der Waals surface area contributed by atoms with Crippen LogP contribution in [0.3, 0.4) is 0 Å². The molecule has 0 aliphatic carbocycles. The summed E-state index contributed by atoms with van der Waals surface area (Å²) in [4.78, 5) is 4.44. The van der Waals surface area contributed by atoms with Crippen molar-refractivity contribution in [3.05, 3.63) is 64.5 Å². The molecular formula is C17H12ClF2N3OS. The van der Waals surface area contributed by atoms with Crippen LogP contribution < -0.4 is 10.2 Å². The maximum Gasteiger partial charge on any atom is 0.387 e. The molecule has 1 N–H and O–H groups in total. The third kappa shape index (κ3) is 4.98. The van der Waals surface area contributed by atoms with Crippen LogP contribution in [0, 0.1) is 0 Å². The number of rotatable bonds is 6. The molecule has 0 fully saturated rings. The van der Waals surface area contributed by atoms with Crippen molar-refractivity contribution in [1.29, 1.82) is 0 Å². The molecule has 0 spiro atoms. The van der Waals surface area contributed by atoms with E-state index in [9.17, 15) is 8.78 Å². The lowest BCUT2D eigenvalue weighted by Gasteiger charge is -2.03. The first-order valence-electron chi connectivity index (χ1n) is 7.15. The van der Waals surface area contributed by atoms with Crippen molar-refractivity contribution in [1.82, 2.24) is 4.98 Å². The number of hydrazone groups is 1. The van der Waals surface area contributed by atoms with Crippen LogP contribution in [0.1, 0.15) is 5.56 Å². The Balaban J connectivity index is 1.60. The van der Waals surface area contributed by atoms with Gasteiger partial charge in [-0.2, -0.15) is 13.9 Å². The Morgan fingerprint density at radius 2 is 1.84 bits per heavy atom. The van der Waals surface area contributed by atoms with Gasteiger partial charge in [-0.1, -0.05) is 23.7 Å². The number of anilines is 1. The summed E-state index contributed by atoms with van der Waals surface area (Å²) in [6, 6.07) is 13.6. The molecule has 1 aromatic heterocycles. The van der Waals surface area contributed by atoms with E-state index in [4.69, 9.17) is 11.6 Å². The summed E-state index contributed by atoms with van der Waals surface area (Å²) in [7, 11) is 0. The number of hydrogen-bond acceptors (Lipinski definition) is 5. The van der Waals surface area contributed by atoms with E-state index in [-0.39, 0.29) is 5.75 Å². The van der Waals surface area contributed by atoms with Crippen LogP contribution in [-0.2, 0) is 0 Å². The zero-order valence-electron chi connectivity index (χ0n) is 12.7. The van der Waals surface area contributed by atoms with Gasteiger partial charge in [0.15, 0.2) is 0 Å². The summed E-state index contributed by atoms with van der Waals surface area (Å²) >= 11 is 7.29. The van der Waals surface area contributed by atoms with Gasteiger partial charge in [-0.05, 0) is 42.0 Å². The summed E-state index contributed by atoms with van der Waals surface area (Å²) in [5.74, 6) is 0.104. The van der Waals surface area contributed by atoms with Crippen LogP contribution in [0.15, 0.2) is 59.0 Å². The maximum atomic E-state index is 12.1. The van der Waals surface area contributed by atoms with Crippen LogP contribution in [0.25, 0.3) is 11.3 Å². The van der Waals surface area contributed by atoms with Crippen LogP contribution in [0.5, 0.6) is 5.75 Å². The van der Waals surface area contributed by atoms with Crippen LogP contribution in [0.2, 0.25) is 5.02 Å². The zero-order chi connectivity index (χ0) is 17.6. The molecule has 3 aromatic rings. The topological polar surface area (TPSA) is 46.5 Å². The average molecular weight is 380 g/mol. The maximum absolute atomic E-state index is 12.1. The van der Waals surface area contributed by atoms with Crippen LogP contribution >= 0.6 is 22.9 Å². The molecule has 3 rings (SSSR count). The summed E-state index contributed by atoms with van der Waals surface area (Å²) < 4.78 is 28.5. The van der Waals surface area contributed by atoms with Gasteiger partial charge in [0.1, 0.15) is 5.75 Å². The van der Waals surface area contributed by atoms with E-state index in [0.29, 0.717) is 10.2 Å². The van der Waals surface area contributed by atoms with Crippen molar-refractivity contribution in [2.75, 3.05) is 5.43 Å². The van der Waals surface area contributed by atoms with E-state index in [1.54, 1.807) is 18.3 Å². The number of benzene rings is 2. The first-order valence-corrected chi connectivity index (χ1v) is 8.41. The number of ether oxygens (including phenoxy) is 1. The minimum absolute atomic E-state index is 0.104. The highest BCUT2D eigenvalue weighted by Gasteiger charge is 2.04. The van der Waals surface area contributed by atoms with Crippen molar-refractivity contribution < 1.29 is 13.5 Å². The van der Waals surface area contributed by atoms with E-state index < -0.39 is 6.61 Å². The Labute approximate surface area is 151 Å². The molecule has 0 atom stereocenters. The fraction of sp³-hybridized carbons (Fsp3) is 0.0588. The van der Waals surface area contributed by atoms with Gasteiger partial charge in [-0.25, -0.2) is 4.98 Å². The van der Waals surface area contributed by atoms with E-state index >= 15 is 0 Å². The largest absolute Gasteiger partial charge is 0.435 e. The van der Waals surface area contributed by atoms with Crippen molar-refractivity contribution in [3.63, 3.8) is 0 Å². The van der Waals surface area contributed by atoms with Gasteiger partial charge in [0.25, 0.3) is 0 Å². The second kappa shape index (κ2) is 8.04. The monoisotopic (exact) mass is 379 g/mol. The summed E-state index contributed by atoms with van der Waals surface area (Å²) in [6.45, 7) is -2.83. The molecule has 0 amide bonds. The fourth-order valence-electron chi connectivity index (χ4n) is 1.98. The van der Waals surface area contributed by atoms with E-state index in [1.807, 2.05) is 29.6 Å².